The highest BCUT2D eigenvalue weighted by Crippen LogP contribution is 2.13. The highest BCUT2D eigenvalue weighted by atomic mass is 32.2. The van der Waals surface area contributed by atoms with Crippen molar-refractivity contribution in [1.82, 2.24) is 5.32 Å². The van der Waals surface area contributed by atoms with Crippen molar-refractivity contribution in [3.8, 4) is 0 Å². The van der Waals surface area contributed by atoms with Crippen LogP contribution in [-0.4, -0.2) is 19.0 Å². The molecule has 116 valence electrons. The van der Waals surface area contributed by atoms with E-state index in [4.69, 9.17) is 4.55 Å². The van der Waals surface area contributed by atoms with Crippen molar-refractivity contribution in [3.05, 3.63) is 59.9 Å². The summed E-state index contributed by atoms with van der Waals surface area (Å²) in [5.74, 6) is -0.388. The average Bonchev–Trinajstić information content (AvgIpc) is 2.45. The van der Waals surface area contributed by atoms with Crippen LogP contribution >= 0.6 is 0 Å². The minimum atomic E-state index is -4.26. The van der Waals surface area contributed by atoms with E-state index in [-0.39, 0.29) is 17.3 Å². The van der Waals surface area contributed by atoms with Crippen LogP contribution in [0.1, 0.15) is 5.56 Å². The molecule has 6 nitrogen and oxygen atoms in total. The Hall–Kier alpha value is -2.45. The highest BCUT2D eigenvalue weighted by Gasteiger charge is 2.09. The number of hydrogen-bond donors (Lipinski definition) is 3. The fourth-order valence-corrected chi connectivity index (χ4v) is 2.19. The first kappa shape index (κ1) is 15.9. The van der Waals surface area contributed by atoms with Crippen LogP contribution in [0.15, 0.2) is 53.4 Å². The molecule has 22 heavy (non-hydrogen) atoms. The summed E-state index contributed by atoms with van der Waals surface area (Å²) < 4.78 is 43.6. The number of urea groups is 1. The maximum atomic E-state index is 13.0. The van der Waals surface area contributed by atoms with Crippen LogP contribution in [0.2, 0.25) is 0 Å². The van der Waals surface area contributed by atoms with Crippen LogP contribution < -0.4 is 10.6 Å². The van der Waals surface area contributed by atoms with Gasteiger partial charge in [0, 0.05) is 12.2 Å². The Morgan fingerprint density at radius 1 is 1.14 bits per heavy atom. The van der Waals surface area contributed by atoms with Crippen molar-refractivity contribution in [2.45, 2.75) is 11.4 Å². The van der Waals surface area contributed by atoms with Gasteiger partial charge in [-0.05, 0) is 42.0 Å². The summed E-state index contributed by atoms with van der Waals surface area (Å²) in [6.45, 7) is 0.146. The highest BCUT2D eigenvalue weighted by molar-refractivity contribution is 7.85. The van der Waals surface area contributed by atoms with Gasteiger partial charge in [0.15, 0.2) is 0 Å². The number of halogens is 1. The molecule has 0 saturated heterocycles. The van der Waals surface area contributed by atoms with Crippen molar-refractivity contribution in [2.75, 3.05) is 5.32 Å². The molecule has 0 fully saturated rings. The Kier molecular flexibility index (Phi) is 4.74. The third-order valence-corrected chi connectivity index (χ3v) is 3.62. The van der Waals surface area contributed by atoms with E-state index in [0.29, 0.717) is 11.3 Å². The molecular formula is C14H13FN2O4S. The van der Waals surface area contributed by atoms with Crippen molar-refractivity contribution in [3.63, 3.8) is 0 Å². The van der Waals surface area contributed by atoms with Gasteiger partial charge in [0.25, 0.3) is 10.1 Å². The van der Waals surface area contributed by atoms with E-state index in [1.165, 1.54) is 30.3 Å². The second kappa shape index (κ2) is 6.54. The van der Waals surface area contributed by atoms with Crippen molar-refractivity contribution in [2.24, 2.45) is 0 Å². The summed E-state index contributed by atoms with van der Waals surface area (Å²) >= 11 is 0. The lowest BCUT2D eigenvalue weighted by Crippen LogP contribution is -2.28. The molecule has 0 atom stereocenters. The van der Waals surface area contributed by atoms with Crippen LogP contribution in [0.25, 0.3) is 0 Å². The molecular weight excluding hydrogens is 311 g/mol. The Morgan fingerprint density at radius 2 is 1.82 bits per heavy atom. The molecule has 0 radical (unpaired) electrons. The Bertz CT molecular complexity index is 776. The Balaban J connectivity index is 1.92. The lowest BCUT2D eigenvalue weighted by molar-refractivity contribution is 0.251. The fraction of sp³-hybridized carbons (Fsp3) is 0.0714. The van der Waals surface area contributed by atoms with E-state index in [0.717, 1.165) is 12.1 Å². The van der Waals surface area contributed by atoms with E-state index in [2.05, 4.69) is 10.6 Å². The molecule has 0 unspecified atom stereocenters. The van der Waals surface area contributed by atoms with E-state index in [1.54, 1.807) is 6.07 Å². The number of rotatable bonds is 4. The summed E-state index contributed by atoms with van der Waals surface area (Å²) in [5, 5.41) is 5.02. The number of benzene rings is 2. The Labute approximate surface area is 126 Å². The summed E-state index contributed by atoms with van der Waals surface area (Å²) in [7, 11) is -4.26. The van der Waals surface area contributed by atoms with Gasteiger partial charge in [0.05, 0.1) is 4.90 Å². The smallest absolute Gasteiger partial charge is 0.319 e. The molecule has 0 saturated carbocycles. The van der Waals surface area contributed by atoms with Crippen LogP contribution in [0.4, 0.5) is 14.9 Å². The maximum absolute atomic E-state index is 13.0. The van der Waals surface area contributed by atoms with Crippen LogP contribution in [0, 0.1) is 5.82 Å². The molecule has 2 aromatic carbocycles. The first-order valence-electron chi connectivity index (χ1n) is 6.21. The molecule has 0 aliphatic carbocycles. The van der Waals surface area contributed by atoms with Crippen molar-refractivity contribution in [1.29, 1.82) is 0 Å². The van der Waals surface area contributed by atoms with Gasteiger partial charge >= 0.3 is 6.03 Å². The lowest BCUT2D eigenvalue weighted by Gasteiger charge is -2.08. The molecule has 0 bridgehead atoms. The number of hydrogen-bond acceptors (Lipinski definition) is 3. The summed E-state index contributed by atoms with van der Waals surface area (Å²) in [6.07, 6.45) is 0. The van der Waals surface area contributed by atoms with Crippen molar-refractivity contribution < 1.29 is 22.2 Å². The first-order chi connectivity index (χ1) is 10.3. The monoisotopic (exact) mass is 324 g/mol. The zero-order valence-electron chi connectivity index (χ0n) is 11.3. The van der Waals surface area contributed by atoms with Gasteiger partial charge in [0.2, 0.25) is 0 Å². The van der Waals surface area contributed by atoms with Crippen LogP contribution in [-0.2, 0) is 16.7 Å². The molecule has 0 heterocycles. The van der Waals surface area contributed by atoms with Crippen LogP contribution in [0.3, 0.4) is 0 Å². The summed E-state index contributed by atoms with van der Waals surface area (Å²) in [6, 6.07) is 10.3. The molecule has 2 rings (SSSR count). The number of amides is 2. The maximum Gasteiger partial charge on any atom is 0.319 e. The van der Waals surface area contributed by atoms with Gasteiger partial charge in [-0.2, -0.15) is 8.42 Å². The van der Waals surface area contributed by atoms with E-state index < -0.39 is 16.1 Å². The second-order valence-corrected chi connectivity index (χ2v) is 5.86. The standard InChI is InChI=1S/C14H13FN2O4S/c15-11-3-1-2-10(8-11)9-16-14(18)17-12-4-6-13(7-5-12)22(19,20)21/h1-8H,9H2,(H2,16,17,18)(H,19,20,21). The average molecular weight is 324 g/mol. The normalized spacial score (nSPS) is 11.0. The number of anilines is 1. The minimum absolute atomic E-state index is 0.146. The predicted molar refractivity (Wildman–Crippen MR) is 78.5 cm³/mol. The number of carbonyl (C=O) groups excluding carboxylic acids is 1. The summed E-state index contributed by atoms with van der Waals surface area (Å²) in [4.78, 5) is 11.4. The minimum Gasteiger partial charge on any atom is -0.334 e. The zero-order chi connectivity index (χ0) is 16.2. The molecule has 2 amide bonds. The molecule has 0 aromatic heterocycles. The topological polar surface area (TPSA) is 95.5 Å². The largest absolute Gasteiger partial charge is 0.334 e. The lowest BCUT2D eigenvalue weighted by atomic mass is 10.2. The third-order valence-electron chi connectivity index (χ3n) is 2.75. The van der Waals surface area contributed by atoms with Gasteiger partial charge in [-0.3, -0.25) is 4.55 Å². The van der Waals surface area contributed by atoms with Crippen molar-refractivity contribution >= 4 is 21.8 Å². The number of nitrogens with one attached hydrogen (secondary N) is 2. The molecule has 8 heteroatoms. The van der Waals surface area contributed by atoms with Gasteiger partial charge in [-0.1, -0.05) is 12.1 Å². The van der Waals surface area contributed by atoms with E-state index in [9.17, 15) is 17.6 Å². The second-order valence-electron chi connectivity index (χ2n) is 4.44. The van der Waals surface area contributed by atoms with Gasteiger partial charge in [-0.15, -0.1) is 0 Å². The number of carbonyl (C=O) groups is 1. The molecule has 0 aliphatic heterocycles. The van der Waals surface area contributed by atoms with E-state index in [1.807, 2.05) is 0 Å². The molecule has 2 aromatic rings. The zero-order valence-corrected chi connectivity index (χ0v) is 12.1. The quantitative estimate of drug-likeness (QED) is 0.753. The van der Waals surface area contributed by atoms with Crippen LogP contribution in [0.5, 0.6) is 0 Å². The van der Waals surface area contributed by atoms with Gasteiger partial charge in [0.1, 0.15) is 5.82 Å². The predicted octanol–water partition coefficient (Wildman–Crippen LogP) is 2.39. The fourth-order valence-electron chi connectivity index (χ4n) is 1.71. The Morgan fingerprint density at radius 3 is 2.41 bits per heavy atom. The first-order valence-corrected chi connectivity index (χ1v) is 7.65. The van der Waals surface area contributed by atoms with Gasteiger partial charge in [-0.25, -0.2) is 9.18 Å². The third kappa shape index (κ3) is 4.54. The van der Waals surface area contributed by atoms with E-state index >= 15 is 0 Å². The SMILES string of the molecule is O=C(NCc1cccc(F)c1)Nc1ccc(S(=O)(=O)O)cc1. The summed E-state index contributed by atoms with van der Waals surface area (Å²) in [5.41, 5.74) is 0.959. The molecule has 0 aliphatic rings. The molecule has 3 N–H and O–H groups in total. The molecule has 0 spiro atoms. The van der Waals surface area contributed by atoms with Gasteiger partial charge < -0.3 is 10.6 Å².